The van der Waals surface area contributed by atoms with Crippen LogP contribution in [0.15, 0.2) is 0 Å². The number of likely N-dealkylation sites (tertiary alicyclic amines) is 1. The van der Waals surface area contributed by atoms with E-state index < -0.39 is 70.7 Å². The Morgan fingerprint density at radius 2 is 1.56 bits per heavy atom. The molecule has 3 aliphatic rings. The van der Waals surface area contributed by atoms with Crippen molar-refractivity contribution < 1.29 is 33.5 Å². The third-order valence-electron chi connectivity index (χ3n) is 9.22. The Balaban J connectivity index is 1.80. The van der Waals surface area contributed by atoms with Crippen LogP contribution in [0.1, 0.15) is 94.4 Å². The average molecular weight is 606 g/mol. The zero-order valence-corrected chi connectivity index (χ0v) is 27.2. The van der Waals surface area contributed by atoms with E-state index >= 15 is 0 Å². The predicted molar refractivity (Wildman–Crippen MR) is 159 cm³/mol. The van der Waals surface area contributed by atoms with Gasteiger partial charge >= 0.3 is 12.0 Å². The lowest BCUT2D eigenvalue weighted by Crippen LogP contribution is -2.62. The quantitative estimate of drug-likeness (QED) is 0.206. The van der Waals surface area contributed by atoms with Crippen LogP contribution < -0.4 is 21.7 Å². The summed E-state index contributed by atoms with van der Waals surface area (Å²) in [5.41, 5.74) is 3.63. The van der Waals surface area contributed by atoms with Crippen molar-refractivity contribution in [3.63, 3.8) is 0 Å². The molecule has 0 spiro atoms. The number of ether oxygens (including phenoxy) is 1. The van der Waals surface area contributed by atoms with E-state index in [1.54, 1.807) is 48.5 Å². The van der Waals surface area contributed by atoms with Gasteiger partial charge in [0.25, 0.3) is 5.91 Å². The van der Waals surface area contributed by atoms with Crippen LogP contribution in [-0.4, -0.2) is 76.7 Å². The van der Waals surface area contributed by atoms with Gasteiger partial charge in [-0.3, -0.25) is 19.2 Å². The van der Waals surface area contributed by atoms with Crippen molar-refractivity contribution >= 4 is 35.5 Å². The van der Waals surface area contributed by atoms with Gasteiger partial charge in [0, 0.05) is 6.54 Å². The van der Waals surface area contributed by atoms with Crippen LogP contribution in [0.25, 0.3) is 0 Å². The number of fused-ring (bicyclic) bond motifs is 1. The Kier molecular flexibility index (Phi) is 9.92. The van der Waals surface area contributed by atoms with E-state index in [0.717, 1.165) is 19.3 Å². The fraction of sp³-hybridized carbons (Fsp3) is 0.806. The number of ketones is 1. The summed E-state index contributed by atoms with van der Waals surface area (Å²) < 4.78 is 5.41. The average Bonchev–Trinajstić information content (AvgIpc) is 3.17. The molecule has 2 saturated carbocycles. The summed E-state index contributed by atoms with van der Waals surface area (Å²) in [6.45, 7) is 16.8. The molecule has 6 atom stereocenters. The zero-order chi connectivity index (χ0) is 32.7. The predicted octanol–water partition coefficient (Wildman–Crippen LogP) is 2.03. The highest BCUT2D eigenvalue weighted by molar-refractivity contribution is 6.37. The van der Waals surface area contributed by atoms with Gasteiger partial charge in [0.15, 0.2) is 0 Å². The van der Waals surface area contributed by atoms with E-state index in [2.05, 4.69) is 16.0 Å². The van der Waals surface area contributed by atoms with Gasteiger partial charge in [0.1, 0.15) is 23.7 Å². The fourth-order valence-corrected chi connectivity index (χ4v) is 6.38. The normalized spacial score (nSPS) is 24.9. The molecular weight excluding hydrogens is 554 g/mol. The summed E-state index contributed by atoms with van der Waals surface area (Å²) in [4.78, 5) is 79.6. The zero-order valence-electron chi connectivity index (χ0n) is 27.2. The molecule has 0 bridgehead atoms. The maximum atomic E-state index is 14.1. The molecule has 1 saturated heterocycles. The number of rotatable bonds is 11. The molecule has 0 aromatic heterocycles. The highest BCUT2D eigenvalue weighted by Crippen LogP contribution is 2.65. The lowest BCUT2D eigenvalue weighted by atomic mass is 9.80. The summed E-state index contributed by atoms with van der Waals surface area (Å²) in [6.07, 6.45) is 3.48. The van der Waals surface area contributed by atoms with Crippen molar-refractivity contribution in [3.05, 3.63) is 0 Å². The number of hydrogen-bond acceptors (Lipinski definition) is 7. The molecule has 1 unspecified atom stereocenters. The number of esters is 1. The van der Waals surface area contributed by atoms with Crippen LogP contribution in [-0.2, 0) is 28.7 Å². The van der Waals surface area contributed by atoms with E-state index in [-0.39, 0.29) is 29.6 Å². The Labute approximate surface area is 255 Å². The second-order valence-electron chi connectivity index (χ2n) is 15.1. The molecule has 5 N–H and O–H groups in total. The van der Waals surface area contributed by atoms with Crippen LogP contribution in [0.3, 0.4) is 0 Å². The smallest absolute Gasteiger partial charge is 0.329 e. The van der Waals surface area contributed by atoms with Crippen molar-refractivity contribution in [2.75, 3.05) is 6.54 Å². The number of Topliss-reactive ketones (excluding diaryl/α,β-unsaturated/α-hetero) is 1. The molecule has 12 nitrogen and oxygen atoms in total. The summed E-state index contributed by atoms with van der Waals surface area (Å²) in [7, 11) is 0. The summed E-state index contributed by atoms with van der Waals surface area (Å²) in [6, 6.07) is -4.57. The highest BCUT2D eigenvalue weighted by atomic mass is 16.6. The maximum Gasteiger partial charge on any atom is 0.329 e. The minimum Gasteiger partial charge on any atom is -0.458 e. The standard InChI is InChI=1S/C31H51N5O7/c1-10-18(27(41)43-30(5,6)7)34-28(42)35-23(29(2,3)4)26(40)36-15-17-20(31(17,8)9)21(36)25(39)33-19(22(37)24(32)38)14-16-12-11-13-16/h16-21,23H,10-15H2,1-9H3,(H2,32,38)(H,33,39)(H2,34,35,42)/t17-,18-,19?,20-,21-,23+/m0/s1. The SMILES string of the molecule is CC[C@H](NC(=O)N[C@H](C(=O)N1C[C@H]2[C@@H]([C@H]1C(=O)NC(CC1CCC1)C(=O)C(N)=O)C2(C)C)C(C)(C)C)C(=O)OC(C)(C)C. The lowest BCUT2D eigenvalue weighted by molar-refractivity contribution is -0.157. The van der Waals surface area contributed by atoms with Crippen molar-refractivity contribution in [2.45, 2.75) is 124 Å². The van der Waals surface area contributed by atoms with Crippen LogP contribution in [0.2, 0.25) is 0 Å². The van der Waals surface area contributed by atoms with E-state index in [4.69, 9.17) is 10.5 Å². The topological polar surface area (TPSA) is 177 Å². The van der Waals surface area contributed by atoms with Crippen LogP contribution in [0.5, 0.6) is 0 Å². The maximum absolute atomic E-state index is 14.1. The van der Waals surface area contributed by atoms with Gasteiger partial charge < -0.3 is 31.3 Å². The summed E-state index contributed by atoms with van der Waals surface area (Å²) >= 11 is 0. The number of hydrogen-bond donors (Lipinski definition) is 4. The molecule has 1 aliphatic heterocycles. The minimum absolute atomic E-state index is 0.0650. The van der Waals surface area contributed by atoms with Gasteiger partial charge in [0.05, 0.1) is 6.04 Å². The van der Waals surface area contributed by atoms with Crippen LogP contribution in [0, 0.1) is 28.6 Å². The van der Waals surface area contributed by atoms with Crippen molar-refractivity contribution in [2.24, 2.45) is 34.3 Å². The number of carbonyl (C=O) groups excluding carboxylic acids is 6. The number of carbonyl (C=O) groups is 6. The molecule has 3 rings (SSSR count). The van der Waals surface area contributed by atoms with Crippen molar-refractivity contribution in [1.29, 1.82) is 0 Å². The first-order valence-corrected chi connectivity index (χ1v) is 15.4. The first-order valence-electron chi connectivity index (χ1n) is 15.4. The second-order valence-corrected chi connectivity index (χ2v) is 15.1. The number of nitrogens with one attached hydrogen (secondary N) is 3. The van der Waals surface area contributed by atoms with Gasteiger partial charge in [-0.25, -0.2) is 9.59 Å². The largest absolute Gasteiger partial charge is 0.458 e. The molecule has 242 valence electrons. The molecule has 5 amide bonds. The molecule has 2 aliphatic carbocycles. The van der Waals surface area contributed by atoms with E-state index in [1.165, 1.54) is 4.90 Å². The second kappa shape index (κ2) is 12.4. The van der Waals surface area contributed by atoms with Crippen LogP contribution >= 0.6 is 0 Å². The van der Waals surface area contributed by atoms with E-state index in [9.17, 15) is 28.8 Å². The van der Waals surface area contributed by atoms with Crippen molar-refractivity contribution in [3.8, 4) is 0 Å². The van der Waals surface area contributed by atoms with E-state index in [0.29, 0.717) is 13.0 Å². The van der Waals surface area contributed by atoms with Crippen molar-refractivity contribution in [1.82, 2.24) is 20.9 Å². The first-order chi connectivity index (χ1) is 19.7. The van der Waals surface area contributed by atoms with Gasteiger partial charge in [-0.1, -0.05) is 60.8 Å². The number of urea groups is 1. The molecular formula is C31H51N5O7. The molecule has 0 aromatic rings. The van der Waals surface area contributed by atoms with Gasteiger partial charge in [-0.05, 0) is 62.2 Å². The van der Waals surface area contributed by atoms with Crippen LogP contribution in [0.4, 0.5) is 4.79 Å². The summed E-state index contributed by atoms with van der Waals surface area (Å²) in [5, 5.41) is 8.14. The lowest BCUT2D eigenvalue weighted by Gasteiger charge is -2.38. The Hall–Kier alpha value is -3.18. The molecule has 3 fully saturated rings. The molecule has 12 heteroatoms. The van der Waals surface area contributed by atoms with E-state index in [1.807, 2.05) is 13.8 Å². The summed E-state index contributed by atoms with van der Waals surface area (Å²) in [5.74, 6) is -3.32. The monoisotopic (exact) mass is 605 g/mol. The van der Waals surface area contributed by atoms with Gasteiger partial charge in [-0.2, -0.15) is 0 Å². The third-order valence-corrected chi connectivity index (χ3v) is 9.22. The molecule has 1 heterocycles. The third kappa shape index (κ3) is 7.86. The fourth-order valence-electron chi connectivity index (χ4n) is 6.38. The molecule has 0 radical (unpaired) electrons. The number of piperidine rings is 1. The molecule has 0 aromatic carbocycles. The highest BCUT2D eigenvalue weighted by Gasteiger charge is 2.70. The Bertz CT molecular complexity index is 1130. The minimum atomic E-state index is -1.10. The number of amides is 5. The number of nitrogens with zero attached hydrogens (tertiary/aromatic N) is 1. The van der Waals surface area contributed by atoms with Gasteiger partial charge in [0.2, 0.25) is 17.6 Å². The Morgan fingerprint density at radius 3 is 2.02 bits per heavy atom. The number of nitrogens with two attached hydrogens (primary N) is 1. The first kappa shape index (κ1) is 34.3. The molecule has 43 heavy (non-hydrogen) atoms. The number of primary amides is 1. The Morgan fingerprint density at radius 1 is 0.953 bits per heavy atom. The van der Waals surface area contributed by atoms with Gasteiger partial charge in [-0.15, -0.1) is 0 Å².